The van der Waals surface area contributed by atoms with Crippen molar-refractivity contribution in [2.24, 2.45) is 0 Å². The van der Waals surface area contributed by atoms with Crippen molar-refractivity contribution in [3.63, 3.8) is 0 Å². The van der Waals surface area contributed by atoms with Gasteiger partial charge in [0.25, 0.3) is 0 Å². The van der Waals surface area contributed by atoms with Crippen LogP contribution < -0.4 is 0 Å². The maximum Gasteiger partial charge on any atom is 0.336 e. The van der Waals surface area contributed by atoms with Crippen LogP contribution in [-0.2, 0) is 19.4 Å². The van der Waals surface area contributed by atoms with E-state index in [0.29, 0.717) is 12.1 Å². The molecule has 0 fully saturated rings. The third kappa shape index (κ3) is 1.93. The van der Waals surface area contributed by atoms with E-state index in [1.54, 1.807) is 12.1 Å². The summed E-state index contributed by atoms with van der Waals surface area (Å²) >= 11 is 0. The number of hydrogen-bond acceptors (Lipinski definition) is 1. The zero-order valence-electron chi connectivity index (χ0n) is 12.2. The molecule has 0 unspecified atom stereocenters. The highest BCUT2D eigenvalue weighted by atomic mass is 16.4. The van der Waals surface area contributed by atoms with Crippen LogP contribution in [0.3, 0.4) is 0 Å². The van der Waals surface area contributed by atoms with E-state index < -0.39 is 5.97 Å². The molecule has 3 aromatic rings. The van der Waals surface area contributed by atoms with Gasteiger partial charge in [-0.1, -0.05) is 36.4 Å². The number of benzene rings is 2. The number of aryl methyl sites for hydroxylation is 1. The highest BCUT2D eigenvalue weighted by Gasteiger charge is 2.22. The largest absolute Gasteiger partial charge is 0.478 e. The Bertz CT molecular complexity index is 876. The van der Waals surface area contributed by atoms with Gasteiger partial charge in [0.1, 0.15) is 0 Å². The molecule has 0 amide bonds. The molecule has 0 bridgehead atoms. The van der Waals surface area contributed by atoms with Gasteiger partial charge in [0.2, 0.25) is 0 Å². The first kappa shape index (κ1) is 13.1. The number of hydrogen-bond donors (Lipinski definition) is 1. The van der Waals surface area contributed by atoms with Crippen LogP contribution in [0.15, 0.2) is 48.5 Å². The lowest BCUT2D eigenvalue weighted by Crippen LogP contribution is -2.08. The third-order valence-corrected chi connectivity index (χ3v) is 4.61. The molecule has 1 aromatic heterocycles. The van der Waals surface area contributed by atoms with Gasteiger partial charge in [0, 0.05) is 23.1 Å². The summed E-state index contributed by atoms with van der Waals surface area (Å²) in [6.45, 7) is 0.623. The molecule has 0 atom stereocenters. The molecular weight excluding hydrogens is 274 g/mol. The number of carboxylic acid groups (broad SMARTS) is 1. The van der Waals surface area contributed by atoms with Crippen LogP contribution in [0.4, 0.5) is 0 Å². The van der Waals surface area contributed by atoms with Crippen molar-refractivity contribution in [3.8, 4) is 0 Å². The van der Waals surface area contributed by atoms with E-state index in [1.807, 2.05) is 12.1 Å². The number of aromatic nitrogens is 1. The lowest BCUT2D eigenvalue weighted by Gasteiger charge is -2.12. The Hall–Kier alpha value is -2.55. The maximum atomic E-state index is 11.4. The van der Waals surface area contributed by atoms with Gasteiger partial charge in [-0.05, 0) is 42.5 Å². The fraction of sp³-hybridized carbons (Fsp3) is 0.211. The molecule has 0 saturated heterocycles. The summed E-state index contributed by atoms with van der Waals surface area (Å²) in [5.41, 5.74) is 5.30. The van der Waals surface area contributed by atoms with Gasteiger partial charge < -0.3 is 9.67 Å². The summed E-state index contributed by atoms with van der Waals surface area (Å²) in [4.78, 5) is 11.4. The molecule has 0 spiro atoms. The third-order valence-electron chi connectivity index (χ3n) is 4.61. The second kappa shape index (κ2) is 5.02. The van der Waals surface area contributed by atoms with Crippen LogP contribution >= 0.6 is 0 Å². The highest BCUT2D eigenvalue weighted by molar-refractivity contribution is 5.90. The van der Waals surface area contributed by atoms with Crippen LogP contribution in [0.1, 0.15) is 33.6 Å². The quantitative estimate of drug-likeness (QED) is 0.795. The van der Waals surface area contributed by atoms with Crippen molar-refractivity contribution >= 4 is 16.9 Å². The minimum Gasteiger partial charge on any atom is -0.478 e. The average molecular weight is 291 g/mol. The Balaban J connectivity index is 1.88. The summed E-state index contributed by atoms with van der Waals surface area (Å²) in [6.07, 6.45) is 3.40. The molecule has 3 nitrogen and oxygen atoms in total. The Labute approximate surface area is 128 Å². The van der Waals surface area contributed by atoms with Crippen LogP contribution in [0.2, 0.25) is 0 Å². The second-order valence-electron chi connectivity index (χ2n) is 5.84. The summed E-state index contributed by atoms with van der Waals surface area (Å²) in [5.74, 6) is -0.858. The monoisotopic (exact) mass is 291 g/mol. The van der Waals surface area contributed by atoms with Crippen molar-refractivity contribution in [3.05, 3.63) is 70.9 Å². The Morgan fingerprint density at radius 3 is 2.68 bits per heavy atom. The zero-order valence-corrected chi connectivity index (χ0v) is 12.2. The number of para-hydroxylation sites is 1. The normalized spacial score (nSPS) is 13.5. The van der Waals surface area contributed by atoms with Crippen LogP contribution in [0.5, 0.6) is 0 Å². The molecule has 1 heterocycles. The molecule has 1 aliphatic rings. The van der Waals surface area contributed by atoms with Gasteiger partial charge in [-0.15, -0.1) is 0 Å². The lowest BCUT2D eigenvalue weighted by atomic mass is 10.1. The number of nitrogens with zero attached hydrogens (tertiary/aromatic N) is 1. The van der Waals surface area contributed by atoms with E-state index in [0.717, 1.165) is 18.4 Å². The molecule has 0 saturated carbocycles. The molecule has 0 radical (unpaired) electrons. The van der Waals surface area contributed by atoms with E-state index in [9.17, 15) is 9.90 Å². The smallest absolute Gasteiger partial charge is 0.336 e. The second-order valence-corrected chi connectivity index (χ2v) is 5.84. The van der Waals surface area contributed by atoms with Crippen LogP contribution in [0.25, 0.3) is 10.9 Å². The summed E-state index contributed by atoms with van der Waals surface area (Å²) in [7, 11) is 0. The zero-order chi connectivity index (χ0) is 15.1. The molecule has 1 N–H and O–H groups in total. The first-order chi connectivity index (χ1) is 10.8. The summed E-state index contributed by atoms with van der Waals surface area (Å²) < 4.78 is 2.30. The standard InChI is InChI=1S/C19H17NO2/c21-19(22)14-7-2-1-6-13(14)12-20-17-10-4-3-8-15(17)16-9-5-11-18(16)20/h1-4,6-8,10H,5,9,11-12H2,(H,21,22). The molecule has 0 aliphatic heterocycles. The predicted octanol–water partition coefficient (Wildman–Crippen LogP) is 3.88. The van der Waals surface area contributed by atoms with Crippen LogP contribution in [0, 0.1) is 0 Å². The van der Waals surface area contributed by atoms with Crippen molar-refractivity contribution in [2.75, 3.05) is 0 Å². The lowest BCUT2D eigenvalue weighted by molar-refractivity contribution is 0.0695. The Morgan fingerprint density at radius 1 is 1.05 bits per heavy atom. The Morgan fingerprint density at radius 2 is 1.82 bits per heavy atom. The van der Waals surface area contributed by atoms with E-state index in [4.69, 9.17) is 0 Å². The van der Waals surface area contributed by atoms with E-state index in [1.165, 1.54) is 28.6 Å². The van der Waals surface area contributed by atoms with E-state index in [2.05, 4.69) is 28.8 Å². The van der Waals surface area contributed by atoms with Gasteiger partial charge in [0.05, 0.1) is 5.56 Å². The SMILES string of the molecule is O=C(O)c1ccccc1Cn1c2c(c3ccccc31)CCC2. The van der Waals surface area contributed by atoms with E-state index >= 15 is 0 Å². The highest BCUT2D eigenvalue weighted by Crippen LogP contribution is 2.33. The number of carbonyl (C=O) groups is 1. The number of fused-ring (bicyclic) bond motifs is 3. The van der Waals surface area contributed by atoms with Gasteiger partial charge in [-0.25, -0.2) is 4.79 Å². The molecule has 22 heavy (non-hydrogen) atoms. The van der Waals surface area contributed by atoms with Gasteiger partial charge in [-0.3, -0.25) is 0 Å². The van der Waals surface area contributed by atoms with Gasteiger partial charge >= 0.3 is 5.97 Å². The first-order valence-electron chi connectivity index (χ1n) is 7.66. The predicted molar refractivity (Wildman–Crippen MR) is 86.5 cm³/mol. The van der Waals surface area contributed by atoms with E-state index in [-0.39, 0.29) is 0 Å². The topological polar surface area (TPSA) is 42.2 Å². The minimum absolute atomic E-state index is 0.395. The molecule has 3 heteroatoms. The molecular formula is C19H17NO2. The number of carboxylic acids is 1. The van der Waals surface area contributed by atoms with Gasteiger partial charge in [-0.2, -0.15) is 0 Å². The van der Waals surface area contributed by atoms with Crippen molar-refractivity contribution < 1.29 is 9.90 Å². The average Bonchev–Trinajstić information content (AvgIpc) is 3.11. The summed E-state index contributed by atoms with van der Waals surface area (Å²) in [6, 6.07) is 15.7. The molecule has 110 valence electrons. The van der Waals surface area contributed by atoms with Crippen molar-refractivity contribution in [2.45, 2.75) is 25.8 Å². The number of rotatable bonds is 3. The van der Waals surface area contributed by atoms with Crippen LogP contribution in [-0.4, -0.2) is 15.6 Å². The molecule has 4 rings (SSSR count). The fourth-order valence-electron chi connectivity index (χ4n) is 3.64. The molecule has 2 aromatic carbocycles. The fourth-order valence-corrected chi connectivity index (χ4v) is 3.64. The molecule has 1 aliphatic carbocycles. The minimum atomic E-state index is -0.858. The van der Waals surface area contributed by atoms with Gasteiger partial charge in [0.15, 0.2) is 0 Å². The Kier molecular flexibility index (Phi) is 3.00. The maximum absolute atomic E-state index is 11.4. The van der Waals surface area contributed by atoms with Crippen molar-refractivity contribution in [1.29, 1.82) is 0 Å². The first-order valence-corrected chi connectivity index (χ1v) is 7.66. The summed E-state index contributed by atoms with van der Waals surface area (Å²) in [5, 5.41) is 10.7. The number of aromatic carboxylic acids is 1. The van der Waals surface area contributed by atoms with Crippen molar-refractivity contribution in [1.82, 2.24) is 4.57 Å².